The molecule has 1 amide bonds. The van der Waals surface area contributed by atoms with Crippen LogP contribution in [0.25, 0.3) is 11.4 Å². The average Bonchev–Trinajstić information content (AvgIpc) is 3.18. The first-order valence-corrected chi connectivity index (χ1v) is 11.2. The van der Waals surface area contributed by atoms with Crippen LogP contribution in [0.3, 0.4) is 0 Å². The van der Waals surface area contributed by atoms with Gasteiger partial charge >= 0.3 is 0 Å². The lowest BCUT2D eigenvalue weighted by atomic mass is 10.1. The minimum atomic E-state index is -0.636. The molecule has 4 rings (SSSR count). The zero-order chi connectivity index (χ0) is 23.4. The van der Waals surface area contributed by atoms with E-state index >= 15 is 0 Å². The lowest BCUT2D eigenvalue weighted by Gasteiger charge is -2.17. The molecule has 0 fully saturated rings. The molecule has 0 bridgehead atoms. The topological polar surface area (TPSA) is 69.0 Å². The average molecular weight is 483 g/mol. The molecule has 0 spiro atoms. The number of ether oxygens (including phenoxy) is 1. The highest BCUT2D eigenvalue weighted by Gasteiger charge is 2.26. The predicted octanol–water partition coefficient (Wildman–Crippen LogP) is 5.76. The Morgan fingerprint density at radius 2 is 1.82 bits per heavy atom. The molecule has 168 valence electrons. The van der Waals surface area contributed by atoms with Gasteiger partial charge in [0.1, 0.15) is 16.8 Å². The number of carbonyl (C=O) groups excluding carboxylic acids is 1. The minimum absolute atomic E-state index is 0.261. The Morgan fingerprint density at radius 1 is 1.09 bits per heavy atom. The van der Waals surface area contributed by atoms with Crippen LogP contribution in [0.4, 0.5) is 10.1 Å². The van der Waals surface area contributed by atoms with E-state index in [1.807, 2.05) is 30.3 Å². The number of hydrogen-bond donors (Lipinski definition) is 1. The molecule has 4 aromatic rings. The maximum Gasteiger partial charge on any atom is 0.242 e. The first kappa shape index (κ1) is 22.8. The molecular formula is C24H20ClFN4O2S. The van der Waals surface area contributed by atoms with Crippen LogP contribution in [0.15, 0.2) is 78.0 Å². The number of aromatic nitrogens is 3. The summed E-state index contributed by atoms with van der Waals surface area (Å²) in [5, 5.41) is 11.5. The van der Waals surface area contributed by atoms with Gasteiger partial charge in [0, 0.05) is 12.7 Å². The standard InChI is InChI=1S/C24H20ClFN4O2S/c1-30-22(17-10-6-7-11-19(17)26)28-29-24(30)33-21(15-8-4-3-5-9-15)23(31)27-16-12-13-20(32-2)18(25)14-16/h3-14,21H,1-2H3,(H,27,31). The van der Waals surface area contributed by atoms with Gasteiger partial charge in [0.15, 0.2) is 11.0 Å². The van der Waals surface area contributed by atoms with Gasteiger partial charge in [-0.25, -0.2) is 4.39 Å². The fourth-order valence-corrected chi connectivity index (χ4v) is 4.51. The second-order valence-corrected chi connectivity index (χ2v) is 8.57. The summed E-state index contributed by atoms with van der Waals surface area (Å²) in [4.78, 5) is 13.3. The van der Waals surface area contributed by atoms with Crippen LogP contribution in [0.1, 0.15) is 10.8 Å². The molecule has 1 unspecified atom stereocenters. The summed E-state index contributed by atoms with van der Waals surface area (Å²) in [5.41, 5.74) is 1.67. The number of amides is 1. The van der Waals surface area contributed by atoms with Gasteiger partial charge in [-0.05, 0) is 35.9 Å². The van der Waals surface area contributed by atoms with Gasteiger partial charge in [0.25, 0.3) is 0 Å². The van der Waals surface area contributed by atoms with Crippen molar-refractivity contribution in [1.82, 2.24) is 14.8 Å². The molecule has 0 radical (unpaired) electrons. The highest BCUT2D eigenvalue weighted by molar-refractivity contribution is 8.00. The smallest absolute Gasteiger partial charge is 0.242 e. The molecule has 0 saturated heterocycles. The van der Waals surface area contributed by atoms with Crippen molar-refractivity contribution in [3.8, 4) is 17.1 Å². The van der Waals surface area contributed by atoms with Crippen molar-refractivity contribution in [2.75, 3.05) is 12.4 Å². The lowest BCUT2D eigenvalue weighted by molar-refractivity contribution is -0.115. The van der Waals surface area contributed by atoms with E-state index in [4.69, 9.17) is 16.3 Å². The van der Waals surface area contributed by atoms with Crippen LogP contribution < -0.4 is 10.1 Å². The highest BCUT2D eigenvalue weighted by Crippen LogP contribution is 2.37. The Labute approximate surface area is 199 Å². The van der Waals surface area contributed by atoms with Gasteiger partial charge in [-0.1, -0.05) is 65.8 Å². The monoisotopic (exact) mass is 482 g/mol. The van der Waals surface area contributed by atoms with Crippen molar-refractivity contribution in [3.05, 3.63) is 89.2 Å². The van der Waals surface area contributed by atoms with Crippen LogP contribution in [-0.2, 0) is 11.8 Å². The van der Waals surface area contributed by atoms with Crippen molar-refractivity contribution >= 4 is 35.0 Å². The molecule has 1 aromatic heterocycles. The molecule has 0 aliphatic carbocycles. The van der Waals surface area contributed by atoms with Crippen LogP contribution in [0, 0.1) is 5.82 Å². The number of thioether (sulfide) groups is 1. The Kier molecular flexibility index (Phi) is 6.96. The number of halogens is 2. The molecule has 3 aromatic carbocycles. The highest BCUT2D eigenvalue weighted by atomic mass is 35.5. The number of methoxy groups -OCH3 is 1. The van der Waals surface area contributed by atoms with E-state index in [1.54, 1.807) is 48.0 Å². The van der Waals surface area contributed by atoms with E-state index in [1.165, 1.54) is 24.9 Å². The summed E-state index contributed by atoms with van der Waals surface area (Å²) in [7, 11) is 3.27. The number of nitrogens with zero attached hydrogens (tertiary/aromatic N) is 3. The second kappa shape index (κ2) is 10.1. The molecule has 33 heavy (non-hydrogen) atoms. The zero-order valence-electron chi connectivity index (χ0n) is 17.8. The second-order valence-electron chi connectivity index (χ2n) is 7.09. The van der Waals surface area contributed by atoms with E-state index in [2.05, 4.69) is 15.5 Å². The van der Waals surface area contributed by atoms with Crippen LogP contribution in [-0.4, -0.2) is 27.8 Å². The Hall–Kier alpha value is -3.36. The summed E-state index contributed by atoms with van der Waals surface area (Å²) < 4.78 is 21.1. The summed E-state index contributed by atoms with van der Waals surface area (Å²) in [5.74, 6) is 0.245. The number of carbonyl (C=O) groups is 1. The third-order valence-corrected chi connectivity index (χ3v) is 6.52. The van der Waals surface area contributed by atoms with E-state index in [9.17, 15) is 9.18 Å². The summed E-state index contributed by atoms with van der Waals surface area (Å²) in [6, 6.07) is 20.7. The summed E-state index contributed by atoms with van der Waals surface area (Å²) in [6.45, 7) is 0. The molecule has 9 heteroatoms. The predicted molar refractivity (Wildman–Crippen MR) is 128 cm³/mol. The third-order valence-electron chi connectivity index (χ3n) is 4.93. The number of nitrogens with one attached hydrogen (secondary N) is 1. The van der Waals surface area contributed by atoms with Crippen molar-refractivity contribution in [2.24, 2.45) is 7.05 Å². The van der Waals surface area contributed by atoms with Crippen LogP contribution in [0.2, 0.25) is 5.02 Å². The number of hydrogen-bond acceptors (Lipinski definition) is 5. The number of anilines is 1. The van der Waals surface area contributed by atoms with Gasteiger partial charge in [-0.3, -0.25) is 4.79 Å². The first-order chi connectivity index (χ1) is 16.0. The molecule has 6 nitrogen and oxygen atoms in total. The van der Waals surface area contributed by atoms with Gasteiger partial charge in [-0.2, -0.15) is 0 Å². The van der Waals surface area contributed by atoms with Crippen LogP contribution in [0.5, 0.6) is 5.75 Å². The van der Waals surface area contributed by atoms with Crippen molar-refractivity contribution in [1.29, 1.82) is 0 Å². The largest absolute Gasteiger partial charge is 0.495 e. The van der Waals surface area contributed by atoms with Gasteiger partial charge < -0.3 is 14.6 Å². The molecule has 1 atom stereocenters. The van der Waals surface area contributed by atoms with Crippen molar-refractivity contribution in [2.45, 2.75) is 10.4 Å². The van der Waals surface area contributed by atoms with E-state index in [0.717, 1.165) is 5.56 Å². The zero-order valence-corrected chi connectivity index (χ0v) is 19.4. The molecule has 1 N–H and O–H groups in total. The van der Waals surface area contributed by atoms with Gasteiger partial charge in [-0.15, -0.1) is 10.2 Å². The fraction of sp³-hybridized carbons (Fsp3) is 0.125. The lowest BCUT2D eigenvalue weighted by Crippen LogP contribution is -2.19. The van der Waals surface area contributed by atoms with E-state index in [-0.39, 0.29) is 5.91 Å². The van der Waals surface area contributed by atoms with E-state index < -0.39 is 11.1 Å². The van der Waals surface area contributed by atoms with Gasteiger partial charge in [0.05, 0.1) is 17.7 Å². The Bertz CT molecular complexity index is 1280. The minimum Gasteiger partial charge on any atom is -0.495 e. The molecular weight excluding hydrogens is 463 g/mol. The number of benzene rings is 3. The summed E-state index contributed by atoms with van der Waals surface area (Å²) >= 11 is 7.43. The van der Waals surface area contributed by atoms with Crippen LogP contribution >= 0.6 is 23.4 Å². The third kappa shape index (κ3) is 5.02. The maximum atomic E-state index is 14.3. The van der Waals surface area contributed by atoms with E-state index in [0.29, 0.717) is 33.0 Å². The normalized spacial score (nSPS) is 11.8. The Morgan fingerprint density at radius 3 is 2.52 bits per heavy atom. The van der Waals surface area contributed by atoms with Gasteiger partial charge in [0.2, 0.25) is 5.91 Å². The SMILES string of the molecule is COc1ccc(NC(=O)C(Sc2nnc(-c3ccccc3F)n2C)c2ccccc2)cc1Cl. The summed E-state index contributed by atoms with van der Waals surface area (Å²) in [6.07, 6.45) is 0. The quantitative estimate of drug-likeness (QED) is 0.339. The first-order valence-electron chi connectivity index (χ1n) is 9.98. The molecule has 0 saturated carbocycles. The molecule has 0 aliphatic rings. The fourth-order valence-electron chi connectivity index (χ4n) is 3.25. The van der Waals surface area contributed by atoms with Crippen molar-refractivity contribution < 1.29 is 13.9 Å². The number of rotatable bonds is 7. The molecule has 0 aliphatic heterocycles. The maximum absolute atomic E-state index is 14.3. The molecule has 1 heterocycles. The Balaban J connectivity index is 1.63. The van der Waals surface area contributed by atoms with Crippen molar-refractivity contribution in [3.63, 3.8) is 0 Å².